The molecule has 0 amide bonds. The van der Waals surface area contributed by atoms with Gasteiger partial charge in [0.05, 0.1) is 11.5 Å². The molecule has 0 N–H and O–H groups in total. The summed E-state index contributed by atoms with van der Waals surface area (Å²) in [5.41, 5.74) is 4.51. The van der Waals surface area contributed by atoms with Gasteiger partial charge in [0, 0.05) is 32.6 Å². The van der Waals surface area contributed by atoms with Gasteiger partial charge in [-0.1, -0.05) is 135 Å². The van der Waals surface area contributed by atoms with Gasteiger partial charge in [-0.3, -0.25) is 9.69 Å². The fraction of sp³-hybridized carbons (Fsp3) is 0.390. The van der Waals surface area contributed by atoms with Gasteiger partial charge >= 0.3 is 2.85 Å². The molecule has 4 aromatic rings. The summed E-state index contributed by atoms with van der Waals surface area (Å²) in [6.45, 7) is 9.86. The summed E-state index contributed by atoms with van der Waals surface area (Å²) in [7, 11) is 2.21. The Balaban J connectivity index is 0.000000461. The van der Waals surface area contributed by atoms with Crippen LogP contribution in [0.4, 0.5) is 0 Å². The van der Waals surface area contributed by atoms with Gasteiger partial charge in [-0.05, 0) is 68.2 Å². The van der Waals surface area contributed by atoms with Crippen LogP contribution in [-0.4, -0.2) is 73.3 Å². The fourth-order valence-corrected chi connectivity index (χ4v) is 7.14. The minimum atomic E-state index is -0.533. The van der Waals surface area contributed by atoms with Crippen LogP contribution >= 0.6 is 0 Å². The molecule has 2 heterocycles. The largest absolute Gasteiger partial charge is 1.00 e. The van der Waals surface area contributed by atoms with E-state index < -0.39 is 5.41 Å². The van der Waals surface area contributed by atoms with Crippen LogP contribution in [-0.2, 0) is 10.2 Å². The number of ketones is 1. The number of hydrogen-bond donors (Lipinski definition) is 0. The second-order valence-electron chi connectivity index (χ2n) is 12.6. The highest BCUT2D eigenvalue weighted by Crippen LogP contribution is 2.38. The van der Waals surface area contributed by atoms with Crippen molar-refractivity contribution in [2.45, 2.75) is 50.5 Å². The second kappa shape index (κ2) is 19.7. The highest BCUT2D eigenvalue weighted by molar-refractivity contribution is 5.93. The van der Waals surface area contributed by atoms with Crippen molar-refractivity contribution in [3.63, 3.8) is 0 Å². The van der Waals surface area contributed by atoms with Crippen LogP contribution in [0.1, 0.15) is 70.2 Å². The zero-order valence-corrected chi connectivity index (χ0v) is 29.6. The first-order valence-corrected chi connectivity index (χ1v) is 17.0. The Bertz CT molecular complexity index is 1340. The number of piperazine rings is 1. The molecule has 0 atom stereocenters. The number of carbonyl (C=O) groups excluding carboxylic acids is 1. The zero-order valence-electron chi connectivity index (χ0n) is 30.1. The van der Waals surface area contributed by atoms with Gasteiger partial charge in [0.15, 0.2) is 0 Å². The van der Waals surface area contributed by atoms with Gasteiger partial charge in [0.2, 0.25) is 0 Å². The van der Waals surface area contributed by atoms with Gasteiger partial charge in [-0.2, -0.15) is 0 Å². The summed E-state index contributed by atoms with van der Waals surface area (Å²) in [5, 5.41) is 0. The van der Waals surface area contributed by atoms with Gasteiger partial charge in [0.25, 0.3) is 0 Å². The number of carbonyl (C=O) groups is 1. The molecule has 2 fully saturated rings. The summed E-state index contributed by atoms with van der Waals surface area (Å²) in [4.78, 5) is 20.8. The number of likely N-dealkylation sites (tertiary alicyclic amines) is 1. The van der Waals surface area contributed by atoms with E-state index >= 15 is 0 Å². The summed E-state index contributed by atoms with van der Waals surface area (Å²) in [5.74, 6) is 0.321. The van der Waals surface area contributed by atoms with E-state index in [1.54, 1.807) is 0 Å². The van der Waals surface area contributed by atoms with Crippen molar-refractivity contribution in [1.82, 2.24) is 14.7 Å². The summed E-state index contributed by atoms with van der Waals surface area (Å²) >= 11 is 0. The Morgan fingerprint density at radius 1 is 0.638 bits per heavy atom. The van der Waals surface area contributed by atoms with E-state index in [1.165, 1.54) is 43.5 Å². The van der Waals surface area contributed by atoms with Crippen molar-refractivity contribution in [2.24, 2.45) is 0 Å². The number of Topliss-reactive ketones (excluding diaryl/α,β-unsaturated/α-hetero) is 1. The van der Waals surface area contributed by atoms with E-state index in [4.69, 9.17) is 0 Å². The average molecular weight is 675 g/mol. The lowest BCUT2D eigenvalue weighted by Gasteiger charge is -2.38. The lowest BCUT2D eigenvalue weighted by atomic mass is 9.68. The van der Waals surface area contributed by atoms with Gasteiger partial charge in [-0.15, -0.1) is 0 Å². The first kappa shape index (κ1) is 38.5. The molecule has 0 spiro atoms. The zero-order chi connectivity index (χ0) is 31.3. The molecule has 0 radical (unpaired) electrons. The number of benzene rings is 4. The van der Waals surface area contributed by atoms with Crippen LogP contribution in [0.2, 0.25) is 0 Å². The lowest BCUT2D eigenvalue weighted by Crippen LogP contribution is -3.00. The molecular weight excluding hydrogens is 621 g/mol. The van der Waals surface area contributed by atoms with E-state index in [9.17, 15) is 4.79 Å². The second-order valence-corrected chi connectivity index (χ2v) is 12.6. The molecule has 0 bridgehead atoms. The smallest absolute Gasteiger partial charge is 1.00 e. The maximum absolute atomic E-state index is 13.3. The molecule has 4 aromatic carbocycles. The molecule has 2 saturated heterocycles. The molecule has 4 nitrogen and oxygen atoms in total. The molecule has 0 unspecified atom stereocenters. The quantitative estimate of drug-likeness (QED) is 0.258. The first-order valence-electron chi connectivity index (χ1n) is 17.0. The predicted octanol–water partition coefficient (Wildman–Crippen LogP) is 2.08. The van der Waals surface area contributed by atoms with Crippen molar-refractivity contribution in [3.05, 3.63) is 144 Å². The third kappa shape index (κ3) is 10.0. The molecular formula is C41H53Cl2N3O. The number of halogens is 2. The van der Waals surface area contributed by atoms with Crippen LogP contribution < -0.4 is 24.8 Å². The third-order valence-electron chi connectivity index (χ3n) is 9.72. The van der Waals surface area contributed by atoms with E-state index in [1.807, 2.05) is 19.1 Å². The Kier molecular flexibility index (Phi) is 16.2. The average Bonchev–Trinajstić information content (AvgIpc) is 3.12. The molecule has 2 aliphatic heterocycles. The van der Waals surface area contributed by atoms with Crippen LogP contribution in [0, 0.1) is 0 Å². The topological polar surface area (TPSA) is 26.8 Å². The molecule has 252 valence electrons. The fourth-order valence-electron chi connectivity index (χ4n) is 7.14. The van der Waals surface area contributed by atoms with E-state index in [0.717, 1.165) is 50.3 Å². The van der Waals surface area contributed by atoms with Crippen molar-refractivity contribution >= 4 is 5.78 Å². The van der Waals surface area contributed by atoms with E-state index in [0.29, 0.717) is 18.2 Å². The minimum Gasteiger partial charge on any atom is -1.00 e. The summed E-state index contributed by atoms with van der Waals surface area (Å²) < 4.78 is 0. The predicted molar refractivity (Wildman–Crippen MR) is 190 cm³/mol. The molecule has 47 heavy (non-hydrogen) atoms. The third-order valence-corrected chi connectivity index (χ3v) is 9.72. The van der Waals surface area contributed by atoms with E-state index in [-0.39, 0.29) is 27.7 Å². The summed E-state index contributed by atoms with van der Waals surface area (Å²) in [6, 6.07) is 42.9. The van der Waals surface area contributed by atoms with Crippen molar-refractivity contribution in [3.8, 4) is 0 Å². The van der Waals surface area contributed by atoms with Crippen LogP contribution in [0.3, 0.4) is 0 Å². The number of likely N-dealkylation sites (N-methyl/N-ethyl adjacent to an activating group) is 1. The van der Waals surface area contributed by atoms with Gasteiger partial charge < -0.3 is 34.6 Å². The Morgan fingerprint density at radius 2 is 1.06 bits per heavy atom. The summed E-state index contributed by atoms with van der Waals surface area (Å²) in [6.07, 6.45) is 5.32. The van der Waals surface area contributed by atoms with Crippen molar-refractivity contribution < 1.29 is 32.5 Å². The molecule has 6 heteroatoms. The number of piperidine rings is 1. The number of rotatable bonds is 10. The van der Waals surface area contributed by atoms with Crippen molar-refractivity contribution in [1.29, 1.82) is 0 Å². The minimum absolute atomic E-state index is 0. The standard InChI is InChI=1S/C23H29NO.C18H22N2.2ClH/c1-2-22(25)23(20-12-6-3-7-13-20,21-14-8-4-9-15-21)16-19-24-17-10-5-11-18-24;1-19-12-14-20(15-13-19)18(16-8-4-2-5-9-16)17-10-6-3-7-11-17;;/h3-4,6-9,12-15H,2,5,10-11,16-19H2,1H3;2-11,18H,12-15H2,1H3;2*1H. The normalized spacial score (nSPS) is 15.9. The molecule has 0 aromatic heterocycles. The van der Waals surface area contributed by atoms with Crippen LogP contribution in [0.15, 0.2) is 121 Å². The first-order chi connectivity index (χ1) is 22.1. The number of nitrogens with zero attached hydrogens (tertiary/aromatic N) is 3. The maximum Gasteiger partial charge on any atom is 1.00 e. The number of hydrogen-bond acceptors (Lipinski definition) is 4. The molecule has 0 saturated carbocycles. The monoisotopic (exact) mass is 673 g/mol. The Morgan fingerprint density at radius 3 is 1.49 bits per heavy atom. The maximum atomic E-state index is 13.3. The van der Waals surface area contributed by atoms with Gasteiger partial charge in [0.1, 0.15) is 5.78 Å². The Labute approximate surface area is 299 Å². The molecule has 0 aliphatic carbocycles. The molecule has 2 aliphatic rings. The van der Waals surface area contributed by atoms with Crippen LogP contribution in [0.25, 0.3) is 0 Å². The van der Waals surface area contributed by atoms with Crippen molar-refractivity contribution in [2.75, 3.05) is 52.9 Å². The van der Waals surface area contributed by atoms with Crippen LogP contribution in [0.5, 0.6) is 0 Å². The highest BCUT2D eigenvalue weighted by atomic mass is 35.5. The SMILES string of the molecule is CCC(=O)C(CCN1CCCCC1)(c1ccccc1)c1ccccc1.CN1CCN(C(c2ccccc2)c2ccccc2)CC1.[Cl-].[Cl-].[H+].[H+]. The highest BCUT2D eigenvalue weighted by Gasteiger charge is 2.40. The van der Waals surface area contributed by atoms with E-state index in [2.05, 4.69) is 131 Å². The van der Waals surface area contributed by atoms with Gasteiger partial charge in [-0.25, -0.2) is 0 Å². The lowest BCUT2D eigenvalue weighted by molar-refractivity contribution is -0.123. The molecule has 6 rings (SSSR count). The Hall–Kier alpha value is -2.99.